The number of carbonyl (C=O) groups excluding carboxylic acids is 3. The highest BCUT2D eigenvalue weighted by molar-refractivity contribution is 6.03. The van der Waals surface area contributed by atoms with Crippen LogP contribution in [0.4, 0.5) is 0 Å². The maximum absolute atomic E-state index is 12.8. The summed E-state index contributed by atoms with van der Waals surface area (Å²) in [5.41, 5.74) is 4.87. The fourth-order valence-corrected chi connectivity index (χ4v) is 3.55. The van der Waals surface area contributed by atoms with E-state index in [0.29, 0.717) is 25.0 Å². The average Bonchev–Trinajstić information content (AvgIpc) is 3.08. The molecule has 1 aromatic heterocycles. The fourth-order valence-electron chi connectivity index (χ4n) is 3.55. The Labute approximate surface area is 172 Å². The lowest BCUT2D eigenvalue weighted by atomic mass is 10.0. The Morgan fingerprint density at radius 3 is 2.38 bits per heavy atom. The van der Waals surface area contributed by atoms with Gasteiger partial charge in [-0.3, -0.25) is 9.59 Å². The number of rotatable bonds is 6. The largest absolute Gasteiger partial charge is 0.469 e. The minimum Gasteiger partial charge on any atom is -0.469 e. The molecule has 0 unspecified atom stereocenters. The minimum atomic E-state index is -0.637. The molecule has 0 aromatic carbocycles. The number of methoxy groups -OCH3 is 1. The first kappa shape index (κ1) is 22.7. The Kier molecular flexibility index (Phi) is 6.88. The maximum atomic E-state index is 12.8. The van der Waals surface area contributed by atoms with E-state index in [1.807, 2.05) is 47.6 Å². The van der Waals surface area contributed by atoms with Crippen LogP contribution < -0.4 is 0 Å². The van der Waals surface area contributed by atoms with E-state index in [4.69, 9.17) is 9.47 Å². The van der Waals surface area contributed by atoms with Crippen LogP contribution in [0.1, 0.15) is 81.2 Å². The van der Waals surface area contributed by atoms with Gasteiger partial charge < -0.3 is 14.5 Å². The van der Waals surface area contributed by atoms with Gasteiger partial charge in [-0.15, -0.1) is 0 Å². The SMILES string of the molecule is CCC1=C(C)/C(=C/c2[nH]c(C(=O)OC(C)(C)C)c(CCC(=O)OC)c2C)CC1=O. The standard InChI is InChI=1S/C23H31NO5/c1-8-16-13(2)15(12-19(16)25)11-18-14(3)17(9-10-20(26)28-7)21(24-18)22(27)29-23(4,5)6/h11,24H,8-10,12H2,1-7H3/b15-11+. The second-order valence-corrected chi connectivity index (χ2v) is 8.32. The summed E-state index contributed by atoms with van der Waals surface area (Å²) in [6, 6.07) is 0. The van der Waals surface area contributed by atoms with Crippen molar-refractivity contribution < 1.29 is 23.9 Å². The van der Waals surface area contributed by atoms with Crippen LogP contribution in [0.2, 0.25) is 0 Å². The number of H-pyrrole nitrogens is 1. The first-order valence-corrected chi connectivity index (χ1v) is 9.94. The molecule has 0 amide bonds. The summed E-state index contributed by atoms with van der Waals surface area (Å²) in [5.74, 6) is -0.652. The summed E-state index contributed by atoms with van der Waals surface area (Å²) in [6.07, 6.45) is 3.53. The molecule has 0 spiro atoms. The maximum Gasteiger partial charge on any atom is 0.355 e. The van der Waals surface area contributed by atoms with Crippen molar-refractivity contribution in [2.75, 3.05) is 7.11 Å². The third kappa shape index (κ3) is 5.25. The Morgan fingerprint density at radius 2 is 1.86 bits per heavy atom. The van der Waals surface area contributed by atoms with E-state index in [1.165, 1.54) is 7.11 Å². The molecule has 6 nitrogen and oxygen atoms in total. The number of ketones is 1. The number of nitrogens with one attached hydrogen (secondary N) is 1. The van der Waals surface area contributed by atoms with Crippen molar-refractivity contribution >= 4 is 23.8 Å². The molecule has 0 radical (unpaired) electrons. The number of hydrogen-bond acceptors (Lipinski definition) is 5. The molecule has 158 valence electrons. The zero-order chi connectivity index (χ0) is 21.9. The zero-order valence-corrected chi connectivity index (χ0v) is 18.4. The molecule has 6 heteroatoms. The number of esters is 2. The van der Waals surface area contributed by atoms with Gasteiger partial charge in [-0.25, -0.2) is 4.79 Å². The zero-order valence-electron chi connectivity index (χ0n) is 18.4. The van der Waals surface area contributed by atoms with E-state index in [1.54, 1.807) is 0 Å². The number of Topliss-reactive ketones (excluding diaryl/α,β-unsaturated/α-hetero) is 1. The van der Waals surface area contributed by atoms with Crippen LogP contribution in [-0.2, 0) is 25.5 Å². The first-order chi connectivity index (χ1) is 13.5. The Balaban J connectivity index is 2.48. The van der Waals surface area contributed by atoms with Gasteiger partial charge in [-0.05, 0) is 81.4 Å². The van der Waals surface area contributed by atoms with E-state index in [9.17, 15) is 14.4 Å². The van der Waals surface area contributed by atoms with Gasteiger partial charge in [-0.1, -0.05) is 6.92 Å². The van der Waals surface area contributed by atoms with E-state index < -0.39 is 11.6 Å². The number of aromatic nitrogens is 1. The lowest BCUT2D eigenvalue weighted by Gasteiger charge is -2.19. The van der Waals surface area contributed by atoms with E-state index >= 15 is 0 Å². The average molecular weight is 402 g/mol. The van der Waals surface area contributed by atoms with Crippen molar-refractivity contribution in [3.8, 4) is 0 Å². The van der Waals surface area contributed by atoms with Gasteiger partial charge in [0.1, 0.15) is 11.3 Å². The predicted octanol–water partition coefficient (Wildman–Crippen LogP) is 4.47. The van der Waals surface area contributed by atoms with Crippen molar-refractivity contribution in [2.45, 2.75) is 72.8 Å². The van der Waals surface area contributed by atoms with E-state index in [-0.39, 0.29) is 18.2 Å². The summed E-state index contributed by atoms with van der Waals surface area (Å²) in [6.45, 7) is 11.3. The molecular weight excluding hydrogens is 370 g/mol. The van der Waals surface area contributed by atoms with E-state index in [2.05, 4.69) is 4.98 Å². The molecule has 0 saturated heterocycles. The van der Waals surface area contributed by atoms with Crippen LogP contribution in [0.25, 0.3) is 6.08 Å². The van der Waals surface area contributed by atoms with E-state index in [0.717, 1.165) is 33.5 Å². The first-order valence-electron chi connectivity index (χ1n) is 9.94. The fraction of sp³-hybridized carbons (Fsp3) is 0.522. The Bertz CT molecular complexity index is 893. The summed E-state index contributed by atoms with van der Waals surface area (Å²) >= 11 is 0. The minimum absolute atomic E-state index is 0.152. The molecule has 0 saturated carbocycles. The van der Waals surface area contributed by atoms with Crippen molar-refractivity contribution in [3.63, 3.8) is 0 Å². The van der Waals surface area contributed by atoms with Gasteiger partial charge in [-0.2, -0.15) is 0 Å². The van der Waals surface area contributed by atoms with Crippen LogP contribution in [0.15, 0.2) is 16.7 Å². The molecule has 1 heterocycles. The summed E-state index contributed by atoms with van der Waals surface area (Å²) in [5, 5.41) is 0. The van der Waals surface area contributed by atoms with Crippen molar-refractivity contribution in [1.82, 2.24) is 4.98 Å². The number of allylic oxidation sites excluding steroid dienone is 3. The third-order valence-corrected chi connectivity index (χ3v) is 5.12. The van der Waals surface area contributed by atoms with Crippen LogP contribution in [0.3, 0.4) is 0 Å². The van der Waals surface area contributed by atoms with Crippen LogP contribution in [0.5, 0.6) is 0 Å². The van der Waals surface area contributed by atoms with Crippen molar-refractivity contribution in [2.24, 2.45) is 0 Å². The lowest BCUT2D eigenvalue weighted by molar-refractivity contribution is -0.140. The molecule has 2 rings (SSSR count). The smallest absolute Gasteiger partial charge is 0.355 e. The topological polar surface area (TPSA) is 85.5 Å². The van der Waals surface area contributed by atoms with Crippen LogP contribution >= 0.6 is 0 Å². The van der Waals surface area contributed by atoms with Gasteiger partial charge in [0.25, 0.3) is 0 Å². The Morgan fingerprint density at radius 1 is 1.21 bits per heavy atom. The monoisotopic (exact) mass is 401 g/mol. The molecule has 1 aromatic rings. The van der Waals surface area contributed by atoms with Gasteiger partial charge >= 0.3 is 11.9 Å². The highest BCUT2D eigenvalue weighted by atomic mass is 16.6. The predicted molar refractivity (Wildman–Crippen MR) is 112 cm³/mol. The molecule has 0 bridgehead atoms. The summed E-state index contributed by atoms with van der Waals surface area (Å²) in [7, 11) is 1.34. The van der Waals surface area contributed by atoms with Crippen LogP contribution in [-0.4, -0.2) is 35.4 Å². The molecule has 0 aliphatic heterocycles. The van der Waals surface area contributed by atoms with Crippen molar-refractivity contribution in [3.05, 3.63) is 39.2 Å². The number of carbonyl (C=O) groups is 3. The van der Waals surface area contributed by atoms with Gasteiger partial charge in [0.2, 0.25) is 0 Å². The quantitative estimate of drug-likeness (QED) is 0.711. The van der Waals surface area contributed by atoms with Gasteiger partial charge in [0, 0.05) is 18.5 Å². The molecular formula is C23H31NO5. The summed E-state index contributed by atoms with van der Waals surface area (Å²) in [4.78, 5) is 39.8. The molecule has 1 aliphatic rings. The van der Waals surface area contributed by atoms with Gasteiger partial charge in [0.05, 0.1) is 7.11 Å². The number of aromatic amines is 1. The number of ether oxygens (including phenoxy) is 2. The van der Waals surface area contributed by atoms with Crippen molar-refractivity contribution in [1.29, 1.82) is 0 Å². The third-order valence-electron chi connectivity index (χ3n) is 5.12. The normalized spacial score (nSPS) is 16.0. The second-order valence-electron chi connectivity index (χ2n) is 8.32. The molecule has 29 heavy (non-hydrogen) atoms. The summed E-state index contributed by atoms with van der Waals surface area (Å²) < 4.78 is 10.3. The highest BCUT2D eigenvalue weighted by Crippen LogP contribution is 2.33. The Hall–Kier alpha value is -2.63. The number of hydrogen-bond donors (Lipinski definition) is 1. The lowest BCUT2D eigenvalue weighted by Crippen LogP contribution is -2.24. The molecule has 0 fully saturated rings. The highest BCUT2D eigenvalue weighted by Gasteiger charge is 2.27. The molecule has 1 N–H and O–H groups in total. The second kappa shape index (κ2) is 8.80. The van der Waals surface area contributed by atoms with Crippen LogP contribution in [0, 0.1) is 6.92 Å². The van der Waals surface area contributed by atoms with Gasteiger partial charge in [0.15, 0.2) is 5.78 Å². The molecule has 1 aliphatic carbocycles. The molecule has 0 atom stereocenters.